The molecule has 0 spiro atoms. The highest BCUT2D eigenvalue weighted by Crippen LogP contribution is 2.22. The molecule has 0 saturated heterocycles. The van der Waals surface area contributed by atoms with E-state index in [1.165, 1.54) is 0 Å². The summed E-state index contributed by atoms with van der Waals surface area (Å²) < 4.78 is 0. The van der Waals surface area contributed by atoms with Crippen LogP contribution in [0.3, 0.4) is 0 Å². The Morgan fingerprint density at radius 1 is 1.55 bits per heavy atom. The van der Waals surface area contributed by atoms with Crippen LogP contribution in [-0.4, -0.2) is 47.2 Å². The second-order valence-corrected chi connectivity index (χ2v) is 4.92. The number of nitrogens with one attached hydrogen (secondary N) is 1. The Kier molecular flexibility index (Phi) is 5.31. The van der Waals surface area contributed by atoms with Gasteiger partial charge in [-0.15, -0.1) is 0 Å². The third-order valence-electron chi connectivity index (χ3n) is 3.21. The van der Waals surface area contributed by atoms with Crippen molar-refractivity contribution in [3.8, 4) is 0 Å². The molecule has 110 valence electrons. The largest absolute Gasteiger partial charge is 0.396 e. The Labute approximate surface area is 117 Å². The Morgan fingerprint density at radius 2 is 2.40 bits per heavy atom. The quantitative estimate of drug-likeness (QED) is 0.609. The topological polar surface area (TPSA) is 91.2 Å². The highest BCUT2D eigenvalue weighted by atomic mass is 16.6. The number of oxime groups is 1. The van der Waals surface area contributed by atoms with Gasteiger partial charge in [-0.25, -0.2) is 0 Å². The smallest absolute Gasteiger partial charge is 0.223 e. The van der Waals surface area contributed by atoms with Gasteiger partial charge in [-0.2, -0.15) is 0 Å². The van der Waals surface area contributed by atoms with E-state index >= 15 is 0 Å². The first-order valence-corrected chi connectivity index (χ1v) is 6.86. The molecule has 0 aromatic carbocycles. The first kappa shape index (κ1) is 14.7. The number of hydrogen-bond donors (Lipinski definition) is 3. The molecule has 2 atom stereocenters. The molecule has 0 bridgehead atoms. The fourth-order valence-corrected chi connectivity index (χ4v) is 2.12. The lowest BCUT2D eigenvalue weighted by Crippen LogP contribution is -2.28. The van der Waals surface area contributed by atoms with Gasteiger partial charge in [-0.05, 0) is 18.4 Å². The number of carbonyl (C=O) groups excluding carboxylic acids is 1. The normalized spacial score (nSPS) is 24.9. The maximum absolute atomic E-state index is 11.6. The van der Waals surface area contributed by atoms with E-state index in [1.807, 2.05) is 12.2 Å². The minimum atomic E-state index is -0.422. The summed E-state index contributed by atoms with van der Waals surface area (Å²) >= 11 is 0. The standard InChI is InChI=1S/C14H20N2O4/c17-7-1-6-15-14(19)9-12-8-13(16-20-12)10-2-4-11(18)5-3-10/h2-4,11-12,17-18H,1,5-9H2,(H,15,19). The van der Waals surface area contributed by atoms with Crippen molar-refractivity contribution in [3.05, 3.63) is 23.8 Å². The van der Waals surface area contributed by atoms with Crippen molar-refractivity contribution >= 4 is 11.6 Å². The molecule has 1 aliphatic heterocycles. The van der Waals surface area contributed by atoms with Gasteiger partial charge >= 0.3 is 0 Å². The number of hydrogen-bond acceptors (Lipinski definition) is 5. The van der Waals surface area contributed by atoms with Crippen LogP contribution in [0.2, 0.25) is 0 Å². The summed E-state index contributed by atoms with van der Waals surface area (Å²) in [5.74, 6) is -0.0940. The van der Waals surface area contributed by atoms with Crippen LogP contribution in [0.25, 0.3) is 0 Å². The van der Waals surface area contributed by atoms with E-state index < -0.39 is 6.10 Å². The third-order valence-corrected chi connectivity index (χ3v) is 3.21. The molecule has 20 heavy (non-hydrogen) atoms. The van der Waals surface area contributed by atoms with Gasteiger partial charge in [0.1, 0.15) is 6.10 Å². The van der Waals surface area contributed by atoms with Crippen molar-refractivity contribution in [2.45, 2.75) is 37.9 Å². The number of rotatable bonds is 6. The summed E-state index contributed by atoms with van der Waals surface area (Å²) in [6.45, 7) is 0.543. The maximum atomic E-state index is 11.6. The number of nitrogens with zero attached hydrogens (tertiary/aromatic N) is 1. The van der Waals surface area contributed by atoms with Crippen LogP contribution in [0.4, 0.5) is 0 Å². The Morgan fingerprint density at radius 3 is 3.10 bits per heavy atom. The van der Waals surface area contributed by atoms with Crippen molar-refractivity contribution < 1.29 is 19.8 Å². The third kappa shape index (κ3) is 4.18. The summed E-state index contributed by atoms with van der Waals surface area (Å²) in [5, 5.41) is 24.7. The zero-order valence-corrected chi connectivity index (χ0v) is 11.3. The molecule has 1 heterocycles. The van der Waals surface area contributed by atoms with Crippen LogP contribution >= 0.6 is 0 Å². The monoisotopic (exact) mass is 280 g/mol. The second kappa shape index (κ2) is 7.21. The lowest BCUT2D eigenvalue weighted by Gasteiger charge is -2.10. The number of aliphatic hydroxyl groups excluding tert-OH is 2. The van der Waals surface area contributed by atoms with Crippen molar-refractivity contribution in [1.82, 2.24) is 5.32 Å². The van der Waals surface area contributed by atoms with Gasteiger partial charge in [0, 0.05) is 19.6 Å². The van der Waals surface area contributed by atoms with Crippen molar-refractivity contribution in [2.24, 2.45) is 5.16 Å². The summed E-state index contributed by atoms with van der Waals surface area (Å²) in [6.07, 6.45) is 6.83. The van der Waals surface area contributed by atoms with E-state index in [-0.39, 0.29) is 25.0 Å². The fraction of sp³-hybridized carbons (Fsp3) is 0.571. The molecule has 2 rings (SSSR count). The van der Waals surface area contributed by atoms with E-state index in [0.29, 0.717) is 25.8 Å². The predicted octanol–water partition coefficient (Wildman–Crippen LogP) is 0.267. The molecule has 1 aliphatic carbocycles. The minimum Gasteiger partial charge on any atom is -0.396 e. The van der Waals surface area contributed by atoms with Crippen LogP contribution in [0.5, 0.6) is 0 Å². The van der Waals surface area contributed by atoms with Gasteiger partial charge < -0.3 is 20.4 Å². The number of amides is 1. The molecule has 0 radical (unpaired) electrons. The number of carbonyl (C=O) groups is 1. The van der Waals surface area contributed by atoms with Crippen molar-refractivity contribution in [3.63, 3.8) is 0 Å². The molecule has 6 heteroatoms. The highest BCUT2D eigenvalue weighted by molar-refractivity contribution is 6.03. The summed E-state index contributed by atoms with van der Waals surface area (Å²) in [4.78, 5) is 16.9. The highest BCUT2D eigenvalue weighted by Gasteiger charge is 2.25. The van der Waals surface area contributed by atoms with Gasteiger partial charge in [0.05, 0.1) is 18.2 Å². The Bertz CT molecular complexity index is 442. The molecule has 1 amide bonds. The lowest BCUT2D eigenvalue weighted by molar-refractivity contribution is -0.123. The second-order valence-electron chi connectivity index (χ2n) is 4.92. The van der Waals surface area contributed by atoms with Crippen LogP contribution < -0.4 is 5.32 Å². The van der Waals surface area contributed by atoms with E-state index in [1.54, 1.807) is 6.08 Å². The van der Waals surface area contributed by atoms with Crippen LogP contribution in [0.1, 0.15) is 25.7 Å². The van der Waals surface area contributed by atoms with E-state index in [0.717, 1.165) is 11.3 Å². The molecule has 2 aliphatic rings. The van der Waals surface area contributed by atoms with E-state index in [2.05, 4.69) is 10.5 Å². The Balaban J connectivity index is 1.74. The predicted molar refractivity (Wildman–Crippen MR) is 74.1 cm³/mol. The summed E-state index contributed by atoms with van der Waals surface area (Å²) in [6, 6.07) is 0. The van der Waals surface area contributed by atoms with E-state index in [9.17, 15) is 9.90 Å². The maximum Gasteiger partial charge on any atom is 0.223 e. The molecule has 3 N–H and O–H groups in total. The van der Waals surface area contributed by atoms with Crippen molar-refractivity contribution in [1.29, 1.82) is 0 Å². The van der Waals surface area contributed by atoms with Crippen molar-refractivity contribution in [2.75, 3.05) is 13.2 Å². The van der Waals surface area contributed by atoms with Gasteiger partial charge in [-0.1, -0.05) is 23.4 Å². The van der Waals surface area contributed by atoms with E-state index in [4.69, 9.17) is 9.94 Å². The molecule has 0 saturated carbocycles. The molecular weight excluding hydrogens is 260 g/mol. The minimum absolute atomic E-state index is 0.0693. The van der Waals surface area contributed by atoms with Gasteiger partial charge in [0.25, 0.3) is 0 Å². The average molecular weight is 280 g/mol. The lowest BCUT2D eigenvalue weighted by atomic mass is 9.97. The molecule has 0 aromatic rings. The molecule has 0 aromatic heterocycles. The zero-order valence-electron chi connectivity index (χ0n) is 11.3. The molecular formula is C14H20N2O4. The molecule has 0 fully saturated rings. The molecule has 2 unspecified atom stereocenters. The number of allylic oxidation sites excluding steroid dienone is 2. The SMILES string of the molecule is O=C(CC1CC(C2=CCC(O)C=C2)=NO1)NCCCO. The first-order chi connectivity index (χ1) is 9.69. The molecule has 6 nitrogen and oxygen atoms in total. The zero-order chi connectivity index (χ0) is 14.4. The van der Waals surface area contributed by atoms with Crippen LogP contribution in [0, 0.1) is 0 Å². The summed E-state index contributed by atoms with van der Waals surface area (Å²) in [7, 11) is 0. The van der Waals surface area contributed by atoms with Gasteiger partial charge in [-0.3, -0.25) is 4.79 Å². The van der Waals surface area contributed by atoms with Gasteiger partial charge in [0.15, 0.2) is 0 Å². The number of aliphatic hydroxyl groups is 2. The average Bonchev–Trinajstić information content (AvgIpc) is 2.88. The Hall–Kier alpha value is -1.66. The first-order valence-electron chi connectivity index (χ1n) is 6.86. The summed E-state index contributed by atoms with van der Waals surface area (Å²) in [5.41, 5.74) is 1.78. The van der Waals surface area contributed by atoms with Crippen LogP contribution in [0.15, 0.2) is 29.0 Å². The van der Waals surface area contributed by atoms with Gasteiger partial charge in [0.2, 0.25) is 5.91 Å². The fourth-order valence-electron chi connectivity index (χ4n) is 2.12. The van der Waals surface area contributed by atoms with Crippen LogP contribution in [-0.2, 0) is 9.63 Å².